The number of anilines is 1. The molecule has 0 atom stereocenters. The number of ether oxygens (including phenoxy) is 2. The van der Waals surface area contributed by atoms with Crippen LogP contribution in [0.15, 0.2) is 36.4 Å². The second-order valence-corrected chi connectivity index (χ2v) is 6.69. The first kappa shape index (κ1) is 22.8. The fourth-order valence-corrected chi connectivity index (χ4v) is 2.73. The molecule has 0 saturated carbocycles. The highest BCUT2D eigenvalue weighted by atomic mass is 35.5. The van der Waals surface area contributed by atoms with Gasteiger partial charge in [-0.25, -0.2) is 13.6 Å². The molecule has 2 rings (SSSR count). The van der Waals surface area contributed by atoms with Crippen molar-refractivity contribution >= 4 is 29.2 Å². The smallest absolute Gasteiger partial charge is 0.337 e. The van der Waals surface area contributed by atoms with E-state index in [1.807, 2.05) is 6.92 Å². The molecule has 0 spiro atoms. The van der Waals surface area contributed by atoms with Crippen LogP contribution in [0, 0.1) is 11.6 Å². The van der Waals surface area contributed by atoms with Crippen molar-refractivity contribution in [3.63, 3.8) is 0 Å². The number of carbonyl (C=O) groups excluding carboxylic acids is 2. The van der Waals surface area contributed by atoms with E-state index in [-0.39, 0.29) is 29.3 Å². The molecular weight excluding hydrogens is 404 g/mol. The van der Waals surface area contributed by atoms with Crippen LogP contribution < -0.4 is 4.90 Å². The van der Waals surface area contributed by atoms with E-state index in [0.29, 0.717) is 12.3 Å². The van der Waals surface area contributed by atoms with Crippen LogP contribution in [0.2, 0.25) is 5.02 Å². The van der Waals surface area contributed by atoms with Crippen molar-refractivity contribution < 1.29 is 27.8 Å². The number of hydrogen-bond donors (Lipinski definition) is 0. The predicted molar refractivity (Wildman–Crippen MR) is 106 cm³/mol. The largest absolute Gasteiger partial charge is 0.465 e. The summed E-state index contributed by atoms with van der Waals surface area (Å²) in [5.41, 5.74) is 0.524. The van der Waals surface area contributed by atoms with Crippen LogP contribution in [0.3, 0.4) is 0 Å². The van der Waals surface area contributed by atoms with Gasteiger partial charge < -0.3 is 14.4 Å². The summed E-state index contributed by atoms with van der Waals surface area (Å²) in [4.78, 5) is 25.5. The topological polar surface area (TPSA) is 55.8 Å². The Kier molecular flexibility index (Phi) is 8.54. The number of esters is 1. The lowest BCUT2D eigenvalue weighted by Gasteiger charge is -2.24. The van der Waals surface area contributed by atoms with Crippen molar-refractivity contribution in [3.05, 3.63) is 64.2 Å². The summed E-state index contributed by atoms with van der Waals surface area (Å²) in [5.74, 6) is -2.40. The minimum atomic E-state index is -0.675. The van der Waals surface area contributed by atoms with Crippen molar-refractivity contribution in [2.45, 2.75) is 26.3 Å². The van der Waals surface area contributed by atoms with Gasteiger partial charge in [0.05, 0.1) is 24.2 Å². The van der Waals surface area contributed by atoms with E-state index in [0.717, 1.165) is 25.0 Å². The van der Waals surface area contributed by atoms with Gasteiger partial charge in [-0.15, -0.1) is 0 Å². The molecule has 1 amide bonds. The van der Waals surface area contributed by atoms with Crippen LogP contribution in [-0.4, -0.2) is 32.2 Å². The molecule has 0 heterocycles. The number of amides is 1. The molecule has 0 aliphatic rings. The van der Waals surface area contributed by atoms with E-state index in [2.05, 4.69) is 4.74 Å². The van der Waals surface area contributed by atoms with Crippen molar-refractivity contribution in [2.24, 2.45) is 0 Å². The van der Waals surface area contributed by atoms with Crippen LogP contribution in [0.5, 0.6) is 0 Å². The highest BCUT2D eigenvalue weighted by Gasteiger charge is 2.20. The third kappa shape index (κ3) is 6.24. The zero-order chi connectivity index (χ0) is 21.4. The summed E-state index contributed by atoms with van der Waals surface area (Å²) in [7, 11) is 1.20. The predicted octanol–water partition coefficient (Wildman–Crippen LogP) is 4.75. The highest BCUT2D eigenvalue weighted by molar-refractivity contribution is 6.31. The monoisotopic (exact) mass is 425 g/mol. The van der Waals surface area contributed by atoms with Gasteiger partial charge in [-0.3, -0.25) is 4.79 Å². The number of carbonyl (C=O) groups is 2. The van der Waals surface area contributed by atoms with Crippen molar-refractivity contribution in [2.75, 3.05) is 25.2 Å². The standard InChI is InChI=1S/C21H22ClF2NO4/c1-3-4-9-29-13-20(26)25(16-7-8-18(23)17(22)11-16)12-15-6-5-14(10-19(15)24)21(27)28-2/h5-8,10-11H,3-4,9,12-13H2,1-2H3. The third-order valence-electron chi connectivity index (χ3n) is 4.19. The Hall–Kier alpha value is -2.51. The fourth-order valence-electron chi connectivity index (χ4n) is 2.55. The van der Waals surface area contributed by atoms with Gasteiger partial charge in [0.15, 0.2) is 0 Å². The molecule has 0 unspecified atom stereocenters. The molecule has 0 saturated heterocycles. The van der Waals surface area contributed by atoms with E-state index in [4.69, 9.17) is 16.3 Å². The molecule has 5 nitrogen and oxygen atoms in total. The number of halogens is 3. The highest BCUT2D eigenvalue weighted by Crippen LogP contribution is 2.25. The number of unbranched alkanes of at least 4 members (excludes halogenated alkanes) is 1. The SMILES string of the molecule is CCCCOCC(=O)N(Cc1ccc(C(=O)OC)cc1F)c1ccc(F)c(Cl)c1. The Morgan fingerprint density at radius 1 is 1.10 bits per heavy atom. The maximum atomic E-state index is 14.5. The van der Waals surface area contributed by atoms with Gasteiger partial charge in [0.25, 0.3) is 5.91 Å². The molecular formula is C21H22ClF2NO4. The van der Waals surface area contributed by atoms with Gasteiger partial charge in [-0.2, -0.15) is 0 Å². The number of benzene rings is 2. The summed E-state index contributed by atoms with van der Waals surface area (Å²) in [5, 5.41) is -0.159. The first-order chi connectivity index (χ1) is 13.9. The Labute approximate surface area is 173 Å². The molecule has 2 aromatic carbocycles. The van der Waals surface area contributed by atoms with Crippen LogP contribution >= 0.6 is 11.6 Å². The molecule has 29 heavy (non-hydrogen) atoms. The van der Waals surface area contributed by atoms with E-state index in [1.54, 1.807) is 0 Å². The van der Waals surface area contributed by atoms with Gasteiger partial charge in [0.1, 0.15) is 18.2 Å². The average Bonchev–Trinajstić information content (AvgIpc) is 2.71. The van der Waals surface area contributed by atoms with Crippen LogP contribution in [0.4, 0.5) is 14.5 Å². The van der Waals surface area contributed by atoms with Gasteiger partial charge >= 0.3 is 5.97 Å². The van der Waals surface area contributed by atoms with Crippen molar-refractivity contribution in [3.8, 4) is 0 Å². The van der Waals surface area contributed by atoms with Crippen LogP contribution in [-0.2, 0) is 20.8 Å². The molecule has 0 radical (unpaired) electrons. The summed E-state index contributed by atoms with van der Waals surface area (Å²) in [6, 6.07) is 7.65. The quantitative estimate of drug-likeness (QED) is 0.429. The normalized spacial score (nSPS) is 10.7. The Morgan fingerprint density at radius 3 is 2.48 bits per heavy atom. The molecule has 0 N–H and O–H groups in total. The second-order valence-electron chi connectivity index (χ2n) is 6.28. The lowest BCUT2D eigenvalue weighted by atomic mass is 10.1. The minimum absolute atomic E-state index is 0.0550. The Bertz CT molecular complexity index is 876. The van der Waals surface area contributed by atoms with Crippen LogP contribution in [0.25, 0.3) is 0 Å². The van der Waals surface area contributed by atoms with E-state index in [9.17, 15) is 18.4 Å². The maximum Gasteiger partial charge on any atom is 0.337 e. The molecule has 0 bridgehead atoms. The number of rotatable bonds is 9. The average molecular weight is 426 g/mol. The molecule has 0 aliphatic heterocycles. The number of methoxy groups -OCH3 is 1. The molecule has 2 aromatic rings. The first-order valence-corrected chi connectivity index (χ1v) is 9.45. The summed E-state index contributed by atoms with van der Waals surface area (Å²) in [6.07, 6.45) is 1.72. The minimum Gasteiger partial charge on any atom is -0.465 e. The lowest BCUT2D eigenvalue weighted by molar-refractivity contribution is -0.123. The maximum absolute atomic E-state index is 14.5. The Balaban J connectivity index is 2.28. The summed E-state index contributed by atoms with van der Waals surface area (Å²) in [6.45, 7) is 2.06. The zero-order valence-electron chi connectivity index (χ0n) is 16.2. The molecule has 0 aromatic heterocycles. The number of hydrogen-bond acceptors (Lipinski definition) is 4. The van der Waals surface area contributed by atoms with Gasteiger partial charge in [0.2, 0.25) is 0 Å². The van der Waals surface area contributed by atoms with Gasteiger partial charge in [-0.05, 0) is 36.8 Å². The Morgan fingerprint density at radius 2 is 1.86 bits per heavy atom. The first-order valence-electron chi connectivity index (χ1n) is 9.07. The summed E-state index contributed by atoms with van der Waals surface area (Å²) < 4.78 is 38.0. The van der Waals surface area contributed by atoms with Crippen molar-refractivity contribution in [1.82, 2.24) is 0 Å². The lowest BCUT2D eigenvalue weighted by Crippen LogP contribution is -2.34. The molecule has 0 aliphatic carbocycles. The molecule has 156 valence electrons. The van der Waals surface area contributed by atoms with E-state index < -0.39 is 23.5 Å². The third-order valence-corrected chi connectivity index (χ3v) is 4.48. The van der Waals surface area contributed by atoms with Crippen molar-refractivity contribution in [1.29, 1.82) is 0 Å². The summed E-state index contributed by atoms with van der Waals surface area (Å²) >= 11 is 5.84. The zero-order valence-corrected chi connectivity index (χ0v) is 17.0. The number of nitrogens with zero attached hydrogens (tertiary/aromatic N) is 1. The van der Waals surface area contributed by atoms with Gasteiger partial charge in [-0.1, -0.05) is 31.0 Å². The molecule has 0 fully saturated rings. The van der Waals surface area contributed by atoms with Gasteiger partial charge in [0, 0.05) is 17.9 Å². The van der Waals surface area contributed by atoms with E-state index >= 15 is 0 Å². The fraction of sp³-hybridized carbons (Fsp3) is 0.333. The molecule has 8 heteroatoms. The van der Waals surface area contributed by atoms with Crippen LogP contribution in [0.1, 0.15) is 35.7 Å². The second kappa shape index (κ2) is 10.9. The van der Waals surface area contributed by atoms with E-state index in [1.165, 1.54) is 36.3 Å².